The highest BCUT2D eigenvalue weighted by Crippen LogP contribution is 2.12. The number of nitrogens with two attached hydrogens (primary N) is 1. The third-order valence-corrected chi connectivity index (χ3v) is 2.36. The Labute approximate surface area is 114 Å². The van der Waals surface area contributed by atoms with Crippen LogP contribution in [0.2, 0.25) is 0 Å². The Kier molecular flexibility index (Phi) is 8.16. The van der Waals surface area contributed by atoms with Crippen molar-refractivity contribution in [1.29, 1.82) is 0 Å². The molecule has 0 aromatic heterocycles. The second kappa shape index (κ2) is 8.78. The van der Waals surface area contributed by atoms with Crippen LogP contribution in [0.4, 0.5) is 0 Å². The Morgan fingerprint density at radius 1 is 1.39 bits per heavy atom. The van der Waals surface area contributed by atoms with E-state index in [4.69, 9.17) is 10.5 Å². The number of benzene rings is 1. The van der Waals surface area contributed by atoms with Crippen LogP contribution >= 0.6 is 12.4 Å². The molecule has 0 saturated carbocycles. The molecule has 1 amide bonds. The molecule has 1 rings (SSSR count). The highest BCUT2D eigenvalue weighted by atomic mass is 35.5. The maximum absolute atomic E-state index is 11.6. The summed E-state index contributed by atoms with van der Waals surface area (Å²) in [4.78, 5) is 11.6. The van der Waals surface area contributed by atoms with Gasteiger partial charge in [-0.25, -0.2) is 0 Å². The predicted octanol–water partition coefficient (Wildman–Crippen LogP) is 1.51. The fraction of sp³-hybridized carbons (Fsp3) is 0.462. The first-order chi connectivity index (χ1) is 8.15. The molecule has 0 saturated heterocycles. The monoisotopic (exact) mass is 272 g/mol. The van der Waals surface area contributed by atoms with Crippen molar-refractivity contribution < 1.29 is 9.53 Å². The highest BCUT2D eigenvalue weighted by molar-refractivity contribution is 5.85. The van der Waals surface area contributed by atoms with Crippen molar-refractivity contribution in [3.8, 4) is 5.75 Å². The van der Waals surface area contributed by atoms with Crippen molar-refractivity contribution in [2.75, 3.05) is 13.2 Å². The third kappa shape index (κ3) is 5.89. The molecule has 0 aliphatic carbocycles. The molecular formula is C13H21ClN2O2. The Morgan fingerprint density at radius 3 is 2.50 bits per heavy atom. The van der Waals surface area contributed by atoms with Crippen LogP contribution in [0, 0.1) is 0 Å². The van der Waals surface area contributed by atoms with Gasteiger partial charge >= 0.3 is 0 Å². The summed E-state index contributed by atoms with van der Waals surface area (Å²) in [5.74, 6) is 0.819. The van der Waals surface area contributed by atoms with E-state index >= 15 is 0 Å². The van der Waals surface area contributed by atoms with E-state index in [1.54, 1.807) is 0 Å². The lowest BCUT2D eigenvalue weighted by atomic mass is 10.1. The zero-order valence-corrected chi connectivity index (χ0v) is 11.6. The first-order valence-corrected chi connectivity index (χ1v) is 5.87. The van der Waals surface area contributed by atoms with Gasteiger partial charge in [0.25, 0.3) is 0 Å². The van der Waals surface area contributed by atoms with Crippen molar-refractivity contribution in [2.45, 2.75) is 26.3 Å². The summed E-state index contributed by atoms with van der Waals surface area (Å²) in [6, 6.07) is 7.57. The molecule has 1 aromatic carbocycles. The number of carbonyl (C=O) groups is 1. The van der Waals surface area contributed by atoms with E-state index in [9.17, 15) is 4.79 Å². The van der Waals surface area contributed by atoms with Gasteiger partial charge in [-0.05, 0) is 31.5 Å². The number of hydrogen-bond donors (Lipinski definition) is 2. The van der Waals surface area contributed by atoms with Crippen molar-refractivity contribution in [3.05, 3.63) is 29.8 Å². The minimum Gasteiger partial charge on any atom is -0.494 e. The highest BCUT2D eigenvalue weighted by Gasteiger charge is 2.06. The van der Waals surface area contributed by atoms with Crippen molar-refractivity contribution in [1.82, 2.24) is 5.32 Å². The Balaban J connectivity index is 0.00000289. The number of hydrogen-bond acceptors (Lipinski definition) is 3. The lowest BCUT2D eigenvalue weighted by Crippen LogP contribution is -2.38. The zero-order valence-electron chi connectivity index (χ0n) is 10.8. The minimum absolute atomic E-state index is 0. The van der Waals surface area contributed by atoms with Gasteiger partial charge in [-0.1, -0.05) is 12.1 Å². The summed E-state index contributed by atoms with van der Waals surface area (Å²) in [6.07, 6.45) is 0.372. The minimum atomic E-state index is -0.00731. The topological polar surface area (TPSA) is 64.3 Å². The number of nitrogens with one attached hydrogen (secondary N) is 1. The number of rotatable bonds is 6. The molecule has 0 fully saturated rings. The molecule has 0 heterocycles. The smallest absolute Gasteiger partial charge is 0.224 e. The van der Waals surface area contributed by atoms with Gasteiger partial charge in [0, 0.05) is 12.6 Å². The molecule has 0 bridgehead atoms. The van der Waals surface area contributed by atoms with E-state index < -0.39 is 0 Å². The number of amides is 1. The molecule has 102 valence electrons. The summed E-state index contributed by atoms with van der Waals surface area (Å²) < 4.78 is 5.33. The molecule has 1 atom stereocenters. The summed E-state index contributed by atoms with van der Waals surface area (Å²) in [5, 5.41) is 2.82. The van der Waals surface area contributed by atoms with Crippen LogP contribution in [0.15, 0.2) is 24.3 Å². The molecule has 0 radical (unpaired) electrons. The van der Waals surface area contributed by atoms with Crippen LogP contribution in [-0.2, 0) is 11.2 Å². The Bertz CT molecular complexity index is 355. The van der Waals surface area contributed by atoms with Crippen molar-refractivity contribution in [2.24, 2.45) is 5.73 Å². The molecule has 0 aliphatic rings. The second-order valence-electron chi connectivity index (χ2n) is 3.96. The van der Waals surface area contributed by atoms with Crippen molar-refractivity contribution >= 4 is 18.3 Å². The van der Waals surface area contributed by atoms with Gasteiger partial charge in [0.05, 0.1) is 13.0 Å². The van der Waals surface area contributed by atoms with Gasteiger partial charge in [-0.15, -0.1) is 12.4 Å². The SMILES string of the molecule is CCOc1ccc(CC(=O)N[C@@H](C)CN)cc1.Cl. The standard InChI is InChI=1S/C13H20N2O2.ClH/c1-3-17-12-6-4-11(5-7-12)8-13(16)15-10(2)9-14;/h4-7,10H,3,8-9,14H2,1-2H3,(H,15,16);1H/t10-;/m0./s1. The molecule has 5 heteroatoms. The van der Waals surface area contributed by atoms with E-state index in [0.717, 1.165) is 11.3 Å². The molecule has 0 unspecified atom stereocenters. The lowest BCUT2D eigenvalue weighted by Gasteiger charge is -2.11. The first-order valence-electron chi connectivity index (χ1n) is 5.87. The average molecular weight is 273 g/mol. The van der Waals surface area contributed by atoms with Gasteiger partial charge in [-0.3, -0.25) is 4.79 Å². The van der Waals surface area contributed by atoms with Crippen LogP contribution in [0.1, 0.15) is 19.4 Å². The normalized spacial score (nSPS) is 11.3. The van der Waals surface area contributed by atoms with E-state index in [1.807, 2.05) is 38.1 Å². The van der Waals surface area contributed by atoms with Gasteiger partial charge in [0.2, 0.25) is 5.91 Å². The molecule has 18 heavy (non-hydrogen) atoms. The molecular weight excluding hydrogens is 252 g/mol. The molecule has 4 nitrogen and oxygen atoms in total. The number of halogens is 1. The van der Waals surface area contributed by atoms with E-state index in [-0.39, 0.29) is 24.4 Å². The van der Waals surface area contributed by atoms with E-state index in [0.29, 0.717) is 19.6 Å². The van der Waals surface area contributed by atoms with E-state index in [2.05, 4.69) is 5.32 Å². The van der Waals surface area contributed by atoms with Crippen LogP contribution in [0.3, 0.4) is 0 Å². The first kappa shape index (κ1) is 16.7. The molecule has 0 aliphatic heterocycles. The summed E-state index contributed by atoms with van der Waals surface area (Å²) in [7, 11) is 0. The second-order valence-corrected chi connectivity index (χ2v) is 3.96. The zero-order chi connectivity index (χ0) is 12.7. The van der Waals surface area contributed by atoms with Gasteiger partial charge in [0.15, 0.2) is 0 Å². The predicted molar refractivity (Wildman–Crippen MR) is 75.2 cm³/mol. The van der Waals surface area contributed by atoms with Crippen LogP contribution in [-0.4, -0.2) is 25.1 Å². The summed E-state index contributed by atoms with van der Waals surface area (Å²) in [5.41, 5.74) is 6.40. The van der Waals surface area contributed by atoms with Gasteiger partial charge in [-0.2, -0.15) is 0 Å². The summed E-state index contributed by atoms with van der Waals surface area (Å²) >= 11 is 0. The largest absolute Gasteiger partial charge is 0.494 e. The summed E-state index contributed by atoms with van der Waals surface area (Å²) in [6.45, 7) is 4.93. The quantitative estimate of drug-likeness (QED) is 0.825. The molecule has 0 spiro atoms. The Morgan fingerprint density at radius 2 is 2.00 bits per heavy atom. The van der Waals surface area contributed by atoms with Gasteiger partial charge in [0.1, 0.15) is 5.75 Å². The molecule has 1 aromatic rings. The van der Waals surface area contributed by atoms with Gasteiger partial charge < -0.3 is 15.8 Å². The van der Waals surface area contributed by atoms with Crippen LogP contribution in [0.5, 0.6) is 5.75 Å². The third-order valence-electron chi connectivity index (χ3n) is 2.36. The lowest BCUT2D eigenvalue weighted by molar-refractivity contribution is -0.120. The molecule has 3 N–H and O–H groups in total. The fourth-order valence-corrected chi connectivity index (χ4v) is 1.44. The van der Waals surface area contributed by atoms with Crippen LogP contribution in [0.25, 0.3) is 0 Å². The average Bonchev–Trinajstić information content (AvgIpc) is 2.31. The maximum atomic E-state index is 11.6. The number of ether oxygens (including phenoxy) is 1. The van der Waals surface area contributed by atoms with Crippen LogP contribution < -0.4 is 15.8 Å². The maximum Gasteiger partial charge on any atom is 0.224 e. The van der Waals surface area contributed by atoms with E-state index in [1.165, 1.54) is 0 Å². The number of carbonyl (C=O) groups excluding carboxylic acids is 1. The Hall–Kier alpha value is -1.26. The van der Waals surface area contributed by atoms with Crippen molar-refractivity contribution in [3.63, 3.8) is 0 Å². The fourth-order valence-electron chi connectivity index (χ4n) is 1.44.